The van der Waals surface area contributed by atoms with Crippen molar-refractivity contribution in [3.05, 3.63) is 469 Å². The minimum atomic E-state index is -1.43. The van der Waals surface area contributed by atoms with E-state index in [4.69, 9.17) is 29.9 Å². The van der Waals surface area contributed by atoms with E-state index >= 15 is 0 Å². The first kappa shape index (κ1) is 111. The quantitative estimate of drug-likeness (QED) is 0.0147. The number of rotatable bonds is 17. The molecule has 0 fully saturated rings. The smallest absolute Gasteiger partial charge is 0.488 e. The van der Waals surface area contributed by atoms with Crippen LogP contribution in [0.15, 0.2) is 452 Å². The number of thiazole rings is 3. The topological polar surface area (TPSA) is 175 Å². The van der Waals surface area contributed by atoms with Crippen molar-refractivity contribution in [1.29, 1.82) is 0 Å². The number of ether oxygens (including phenoxy) is 1. The molecule has 2 radical (unpaired) electrons. The van der Waals surface area contributed by atoms with Crippen LogP contribution in [0.25, 0.3) is 21.1 Å². The SMILES string of the molecule is Brc1cnc(Br)s1.COc1cc(B(O)O)ccc1C.Cc1ccc(-c2ncc(Br)s2)cc1C.O=[C-]OO.Oc1ccc(-c2ncc(Br)s2)cc1O.[Cs].[Cs].[Pd].c1ccc(P(c2ccccc2)c2ccccc2)cc1.c1ccc(P(c2ccccc2)c2ccccc2)cc1.c1ccc(P(c2ccccc2)c2ccccc2)cc1.c1ccc(P(c2ccccc2)c2ccccc2)cc1. The van der Waals surface area contributed by atoms with E-state index in [9.17, 15) is 5.11 Å². The normalized spacial score (nSPS) is 9.99. The van der Waals surface area contributed by atoms with Crippen molar-refractivity contribution < 1.29 is 60.4 Å². The summed E-state index contributed by atoms with van der Waals surface area (Å²) in [4.78, 5) is 23.7. The third kappa shape index (κ3) is 37.5. The average molecular weight is 2430 g/mol. The first-order valence-electron chi connectivity index (χ1n) is 39.6. The predicted octanol–water partition coefficient (Wildman–Crippen LogP) is 22.1. The van der Waals surface area contributed by atoms with E-state index in [0.717, 1.165) is 42.9 Å². The Hall–Kier alpha value is -5.59. The molecule has 0 aliphatic carbocycles. The van der Waals surface area contributed by atoms with Gasteiger partial charge in [0.25, 0.3) is 0 Å². The van der Waals surface area contributed by atoms with Gasteiger partial charge < -0.3 is 34.7 Å². The monoisotopic (exact) mass is 2430 g/mol. The molecule has 130 heavy (non-hydrogen) atoms. The number of phenolic OH excluding ortho intramolecular Hbond substituents is 2. The third-order valence-corrected chi connectivity index (χ3v) is 33.1. The van der Waals surface area contributed by atoms with Gasteiger partial charge in [-0.1, -0.05) is 388 Å². The summed E-state index contributed by atoms with van der Waals surface area (Å²) in [6.45, 7) is 6.88. The molecule has 0 saturated carbocycles. The number of carbonyl (C=O) groups excluding carboxylic acids is 1. The van der Waals surface area contributed by atoms with Crippen LogP contribution in [0.3, 0.4) is 0 Å². The molecule has 650 valence electrons. The fraction of sp³-hybridized carbons (Fsp3) is 0.0385. The standard InChI is InChI=1S/4C18H15P.C11H10BrNS.C9H6BrNO2S.C8H11BO3.C3HBr2NS.CHO3.2Cs.Pd/c4*1-4-10-16(11-5-1)19(17-12-6-2-7-13-17)18-14-8-3-9-15-18;1-7-3-4-9(5-8(7)2)11-13-6-10(12)14-11;10-8-4-11-9(14-8)5-1-2-6(12)7(13)3-5;1-6-3-4-7(9(10)11)5-8(6)12-2;4-2-1-6-3(5)7-2;2-1-4-3;;;/h4*1-15H;3-6H,1-2H3;1-4,12-13H;3-5,10-11H,1-2H3;1H;3H;;;/q;;;;;;;;-1;;;. The number of aromatic hydroxyl groups is 2. The maximum atomic E-state index is 9.28. The zero-order valence-electron chi connectivity index (χ0n) is 71.8. The van der Waals surface area contributed by atoms with E-state index < -0.39 is 38.8 Å². The van der Waals surface area contributed by atoms with Gasteiger partial charge in [-0.25, -0.2) is 20.2 Å². The molecule has 0 aliphatic rings. The summed E-state index contributed by atoms with van der Waals surface area (Å²) in [6.07, 6.45) is 5.30. The maximum absolute atomic E-state index is 9.28. The zero-order chi connectivity index (χ0) is 89.8. The van der Waals surface area contributed by atoms with E-state index in [2.05, 4.69) is 480 Å². The number of nitrogens with zero attached hydrogens (tertiary/aromatic N) is 3. The van der Waals surface area contributed by atoms with Crippen molar-refractivity contribution in [3.63, 3.8) is 0 Å². The van der Waals surface area contributed by atoms with Crippen LogP contribution in [-0.4, -0.2) is 199 Å². The second-order valence-corrected chi connectivity index (χ2v) is 44.4. The molecule has 15 aromatic carbocycles. The van der Waals surface area contributed by atoms with Gasteiger partial charge in [0.05, 0.1) is 37.1 Å². The molecule has 11 nitrogen and oxygen atoms in total. The molecule has 0 bridgehead atoms. The molecule has 0 spiro atoms. The van der Waals surface area contributed by atoms with E-state index in [1.54, 1.807) is 66.4 Å². The van der Waals surface area contributed by atoms with Gasteiger partial charge in [0.15, 0.2) is 15.4 Å². The second kappa shape index (κ2) is 62.9. The molecule has 0 amide bonds. The molecule has 0 atom stereocenters. The number of benzene rings is 15. The summed E-state index contributed by atoms with van der Waals surface area (Å²) in [7, 11) is -1.66. The Kier molecular flexibility index (Phi) is 53.9. The summed E-state index contributed by atoms with van der Waals surface area (Å²) < 4.78 is 8.99. The van der Waals surface area contributed by atoms with Crippen LogP contribution in [0.5, 0.6) is 17.2 Å². The Morgan fingerprint density at radius 3 is 0.746 bits per heavy atom. The van der Waals surface area contributed by atoms with Gasteiger partial charge in [-0.2, -0.15) is 0 Å². The minimum absolute atomic E-state index is 0. The molecule has 0 aliphatic heterocycles. The summed E-state index contributed by atoms with van der Waals surface area (Å²) >= 11 is 17.9. The Labute approximate surface area is 945 Å². The van der Waals surface area contributed by atoms with Gasteiger partial charge in [-0.15, -0.1) is 34.0 Å². The zero-order valence-corrected chi connectivity index (χ0v) is 98.3. The van der Waals surface area contributed by atoms with Crippen LogP contribution in [-0.2, 0) is 30.1 Å². The summed E-state index contributed by atoms with van der Waals surface area (Å²) in [5.41, 5.74) is 6.04. The Balaban J connectivity index is 0.000000204. The first-order valence-corrected chi connectivity index (χ1v) is 50.6. The van der Waals surface area contributed by atoms with E-state index in [0.29, 0.717) is 11.2 Å². The molecule has 0 unspecified atom stereocenters. The van der Waals surface area contributed by atoms with Crippen LogP contribution in [0.2, 0.25) is 0 Å². The predicted molar refractivity (Wildman–Crippen MR) is 570 cm³/mol. The van der Waals surface area contributed by atoms with Crippen molar-refractivity contribution in [2.24, 2.45) is 0 Å². The largest absolute Gasteiger partial charge is 0.509 e. The molecule has 18 rings (SSSR count). The van der Waals surface area contributed by atoms with Crippen molar-refractivity contribution in [1.82, 2.24) is 15.0 Å². The molecule has 5 N–H and O–H groups in total. The van der Waals surface area contributed by atoms with Crippen molar-refractivity contribution >= 4 is 350 Å². The molecule has 18 aromatic rings. The van der Waals surface area contributed by atoms with Crippen molar-refractivity contribution in [2.75, 3.05) is 7.11 Å². The molecular weight excluding hydrogens is 2340 g/mol. The van der Waals surface area contributed by atoms with Gasteiger partial charge in [-0.3, -0.25) is 0 Å². The number of aromatic nitrogens is 3. The van der Waals surface area contributed by atoms with Crippen LogP contribution in [0.1, 0.15) is 16.7 Å². The first-order chi connectivity index (χ1) is 62.0. The number of hydrogen-bond acceptors (Lipinski definition) is 14. The van der Waals surface area contributed by atoms with Gasteiger partial charge in [0.2, 0.25) is 0 Å². The van der Waals surface area contributed by atoms with Crippen LogP contribution < -0.4 is 73.9 Å². The molecule has 26 heteroatoms. The van der Waals surface area contributed by atoms with Crippen LogP contribution in [0, 0.1) is 20.8 Å². The van der Waals surface area contributed by atoms with Crippen LogP contribution >= 0.6 is 129 Å². The summed E-state index contributed by atoms with van der Waals surface area (Å²) in [5.74, 6) is 0.416. The molecule has 3 heterocycles. The molecule has 0 saturated heterocycles. The number of phenols is 2. The number of halogens is 4. The average Bonchev–Trinajstić information content (AvgIpc) is 1.01. The second-order valence-electron chi connectivity index (χ2n) is 27.0. The van der Waals surface area contributed by atoms with Gasteiger partial charge >= 0.3 is 7.12 Å². The molecule has 3 aromatic heterocycles. The van der Waals surface area contributed by atoms with Crippen molar-refractivity contribution in [2.45, 2.75) is 20.8 Å². The Morgan fingerprint density at radius 1 is 0.315 bits per heavy atom. The van der Waals surface area contributed by atoms with Gasteiger partial charge in [0.1, 0.15) is 15.8 Å². The number of methoxy groups -OCH3 is 1. The summed E-state index contributed by atoms with van der Waals surface area (Å²) in [5, 5.41) is 61.7. The van der Waals surface area contributed by atoms with E-state index in [1.807, 2.05) is 13.1 Å². The Morgan fingerprint density at radius 2 is 0.554 bits per heavy atom. The third-order valence-electron chi connectivity index (χ3n) is 18.3. The van der Waals surface area contributed by atoms with Crippen LogP contribution in [0.4, 0.5) is 0 Å². The van der Waals surface area contributed by atoms with E-state index in [-0.39, 0.29) is 170 Å². The summed E-state index contributed by atoms with van der Waals surface area (Å²) in [6, 6.07) is 145. The number of hydrogen-bond donors (Lipinski definition) is 5. The fourth-order valence-corrected chi connectivity index (χ4v) is 26.1. The van der Waals surface area contributed by atoms with E-state index in [1.165, 1.54) is 104 Å². The Bertz CT molecular complexity index is 5210. The number of aryl methyl sites for hydroxylation is 3. The minimum Gasteiger partial charge on any atom is -0.509 e. The van der Waals surface area contributed by atoms with Gasteiger partial charge in [0, 0.05) is 169 Å². The fourth-order valence-electron chi connectivity index (χ4n) is 12.3. The van der Waals surface area contributed by atoms with Crippen molar-refractivity contribution in [3.8, 4) is 38.4 Å². The van der Waals surface area contributed by atoms with Gasteiger partial charge in [-0.05, 0) is 239 Å². The maximum Gasteiger partial charge on any atom is 0.488 e. The molecular formula is C104H89BBr4Cs2N3O8P4PdS3-.